The fourth-order valence-electron chi connectivity index (χ4n) is 1.55. The molecule has 0 aromatic rings. The van der Waals surface area contributed by atoms with E-state index in [0.29, 0.717) is 11.6 Å². The normalized spacial score (nSPS) is 24.2. The van der Waals surface area contributed by atoms with Gasteiger partial charge >= 0.3 is 5.97 Å². The molecule has 1 fully saturated rings. The number of carboxylic acid groups (broad SMARTS) is 1. The van der Waals surface area contributed by atoms with Gasteiger partial charge in [0.25, 0.3) is 0 Å². The van der Waals surface area contributed by atoms with Crippen LogP contribution in [0.25, 0.3) is 0 Å². The van der Waals surface area contributed by atoms with Gasteiger partial charge in [0, 0.05) is 5.75 Å². The van der Waals surface area contributed by atoms with Gasteiger partial charge in [-0.2, -0.15) is 0 Å². The van der Waals surface area contributed by atoms with Crippen LogP contribution in [0.2, 0.25) is 0 Å². The number of carbonyl (C=O) groups excluding carboxylic acids is 1. The highest BCUT2D eigenvalue weighted by Crippen LogP contribution is 2.23. The largest absolute Gasteiger partial charge is 0.480 e. The van der Waals surface area contributed by atoms with Crippen molar-refractivity contribution in [2.24, 2.45) is 11.7 Å². The molecule has 1 aliphatic heterocycles. The molecule has 3 N–H and O–H groups in total. The van der Waals surface area contributed by atoms with Crippen LogP contribution < -0.4 is 5.73 Å². The number of nitrogens with two attached hydrogens (primary N) is 1. The minimum absolute atomic E-state index is 0.0764. The monoisotopic (exact) mass is 246 g/mol. The lowest BCUT2D eigenvalue weighted by Crippen LogP contribution is -2.51. The third-order valence-corrected chi connectivity index (χ3v) is 4.00. The lowest BCUT2D eigenvalue weighted by atomic mass is 9.98. The van der Waals surface area contributed by atoms with E-state index in [2.05, 4.69) is 0 Å². The summed E-state index contributed by atoms with van der Waals surface area (Å²) in [5.41, 5.74) is 5.82. The highest BCUT2D eigenvalue weighted by Gasteiger charge is 2.37. The molecule has 5 nitrogen and oxygen atoms in total. The fraction of sp³-hybridized carbons (Fsp3) is 0.800. The summed E-state index contributed by atoms with van der Waals surface area (Å²) < 4.78 is 0. The number of carboxylic acids is 1. The smallest absolute Gasteiger partial charge is 0.327 e. The molecule has 1 unspecified atom stereocenters. The number of amides is 1. The number of aliphatic carboxylic acids is 1. The van der Waals surface area contributed by atoms with Crippen LogP contribution in [0.3, 0.4) is 0 Å². The summed E-state index contributed by atoms with van der Waals surface area (Å²) in [5, 5.41) is 8.96. The molecule has 0 saturated carbocycles. The number of hydrogen-bond donors (Lipinski definition) is 2. The van der Waals surface area contributed by atoms with Crippen molar-refractivity contribution in [2.45, 2.75) is 32.4 Å². The lowest BCUT2D eigenvalue weighted by Gasteiger charge is -2.26. The first-order valence-corrected chi connectivity index (χ1v) is 6.51. The molecule has 1 rings (SSSR count). The Kier molecular flexibility index (Phi) is 4.61. The average Bonchev–Trinajstić information content (AvgIpc) is 2.74. The van der Waals surface area contributed by atoms with Crippen molar-refractivity contribution in [3.63, 3.8) is 0 Å². The maximum absolute atomic E-state index is 12.0. The van der Waals surface area contributed by atoms with Gasteiger partial charge in [-0.25, -0.2) is 4.79 Å². The Morgan fingerprint density at radius 3 is 2.75 bits per heavy atom. The molecule has 1 aliphatic rings. The first-order chi connectivity index (χ1) is 7.49. The van der Waals surface area contributed by atoms with E-state index in [1.807, 2.05) is 13.8 Å². The van der Waals surface area contributed by atoms with Crippen LogP contribution >= 0.6 is 11.8 Å². The van der Waals surface area contributed by atoms with E-state index in [1.165, 1.54) is 16.7 Å². The molecular weight excluding hydrogens is 228 g/mol. The van der Waals surface area contributed by atoms with Crippen LogP contribution in [0.15, 0.2) is 0 Å². The van der Waals surface area contributed by atoms with Gasteiger partial charge in [0.2, 0.25) is 5.91 Å². The number of thioether (sulfide) groups is 1. The summed E-state index contributed by atoms with van der Waals surface area (Å²) in [6.45, 7) is 3.87. The Morgan fingerprint density at radius 1 is 1.62 bits per heavy atom. The molecule has 1 saturated heterocycles. The zero-order valence-corrected chi connectivity index (χ0v) is 10.4. The molecule has 0 spiro atoms. The summed E-state index contributed by atoms with van der Waals surface area (Å²) in [4.78, 5) is 24.3. The summed E-state index contributed by atoms with van der Waals surface area (Å²) in [5.74, 6) is -0.234. The number of nitrogens with zero attached hydrogens (tertiary/aromatic N) is 1. The minimum Gasteiger partial charge on any atom is -0.480 e. The fourth-order valence-corrected chi connectivity index (χ4v) is 2.71. The maximum atomic E-state index is 12.0. The van der Waals surface area contributed by atoms with E-state index >= 15 is 0 Å². The van der Waals surface area contributed by atoms with E-state index in [0.717, 1.165) is 6.42 Å². The zero-order chi connectivity index (χ0) is 12.3. The number of hydrogen-bond acceptors (Lipinski definition) is 4. The van der Waals surface area contributed by atoms with Crippen molar-refractivity contribution in [2.75, 3.05) is 11.6 Å². The van der Waals surface area contributed by atoms with Gasteiger partial charge in [0.1, 0.15) is 6.04 Å². The summed E-state index contributed by atoms with van der Waals surface area (Å²) >= 11 is 1.45. The van der Waals surface area contributed by atoms with Gasteiger partial charge in [0.15, 0.2) is 0 Å². The first-order valence-electron chi connectivity index (χ1n) is 5.35. The van der Waals surface area contributed by atoms with Gasteiger partial charge in [-0.05, 0) is 5.92 Å². The van der Waals surface area contributed by atoms with Crippen molar-refractivity contribution in [3.05, 3.63) is 0 Å². The summed E-state index contributed by atoms with van der Waals surface area (Å²) in [6, 6.07) is -1.31. The van der Waals surface area contributed by atoms with Crippen LogP contribution in [0.5, 0.6) is 0 Å². The summed E-state index contributed by atoms with van der Waals surface area (Å²) in [6.07, 6.45) is 0.811. The van der Waals surface area contributed by atoms with E-state index in [4.69, 9.17) is 10.8 Å². The highest BCUT2D eigenvalue weighted by molar-refractivity contribution is 7.99. The van der Waals surface area contributed by atoms with E-state index < -0.39 is 18.1 Å². The van der Waals surface area contributed by atoms with Crippen LogP contribution in [-0.2, 0) is 9.59 Å². The SMILES string of the molecule is CC[C@H](C)[C@H](N)C(=O)N1CSCC1C(=O)O. The lowest BCUT2D eigenvalue weighted by molar-refractivity contribution is -0.148. The van der Waals surface area contributed by atoms with E-state index in [1.54, 1.807) is 0 Å². The van der Waals surface area contributed by atoms with Crippen LogP contribution in [0.4, 0.5) is 0 Å². The first kappa shape index (κ1) is 13.3. The molecule has 0 bridgehead atoms. The molecule has 0 aliphatic carbocycles. The molecule has 0 radical (unpaired) electrons. The topological polar surface area (TPSA) is 83.6 Å². The summed E-state index contributed by atoms with van der Waals surface area (Å²) in [7, 11) is 0. The quantitative estimate of drug-likeness (QED) is 0.747. The average molecular weight is 246 g/mol. The standard InChI is InChI=1S/C10H18N2O3S/c1-3-6(2)8(11)9(13)12-5-16-4-7(12)10(14)15/h6-8H,3-5,11H2,1-2H3,(H,14,15)/t6-,7?,8-/m0/s1. The molecule has 16 heavy (non-hydrogen) atoms. The maximum Gasteiger partial charge on any atom is 0.327 e. The van der Waals surface area contributed by atoms with E-state index in [9.17, 15) is 9.59 Å². The van der Waals surface area contributed by atoms with Gasteiger partial charge in [0.05, 0.1) is 11.9 Å². The Hall–Kier alpha value is -0.750. The highest BCUT2D eigenvalue weighted by atomic mass is 32.2. The van der Waals surface area contributed by atoms with Crippen molar-refractivity contribution in [3.8, 4) is 0 Å². The molecule has 0 aromatic heterocycles. The van der Waals surface area contributed by atoms with Gasteiger partial charge in [-0.3, -0.25) is 4.79 Å². The van der Waals surface area contributed by atoms with Crippen molar-refractivity contribution in [1.29, 1.82) is 0 Å². The number of rotatable bonds is 4. The van der Waals surface area contributed by atoms with Crippen molar-refractivity contribution < 1.29 is 14.7 Å². The molecule has 92 valence electrons. The third kappa shape index (κ3) is 2.68. The Labute approximate surface area is 99.4 Å². The second kappa shape index (κ2) is 5.54. The van der Waals surface area contributed by atoms with Gasteiger partial charge < -0.3 is 15.7 Å². The third-order valence-electron chi connectivity index (χ3n) is 2.99. The molecule has 1 heterocycles. The molecular formula is C10H18N2O3S. The molecule has 3 atom stereocenters. The van der Waals surface area contributed by atoms with Gasteiger partial charge in [-0.15, -0.1) is 11.8 Å². The van der Waals surface area contributed by atoms with Crippen LogP contribution in [0, 0.1) is 5.92 Å². The second-order valence-corrected chi connectivity index (χ2v) is 5.07. The van der Waals surface area contributed by atoms with Gasteiger partial charge in [-0.1, -0.05) is 20.3 Å². The molecule has 1 amide bonds. The Balaban J connectivity index is 2.69. The number of carbonyl (C=O) groups is 2. The zero-order valence-electron chi connectivity index (χ0n) is 9.55. The predicted octanol–water partition coefficient (Wildman–Crippen LogP) is 0.346. The minimum atomic E-state index is -0.949. The molecule has 6 heteroatoms. The second-order valence-electron chi connectivity index (χ2n) is 4.07. The van der Waals surface area contributed by atoms with Crippen molar-refractivity contribution in [1.82, 2.24) is 4.90 Å². The van der Waals surface area contributed by atoms with E-state index in [-0.39, 0.29) is 11.8 Å². The Morgan fingerprint density at radius 2 is 2.25 bits per heavy atom. The predicted molar refractivity (Wildman–Crippen MR) is 63.0 cm³/mol. The van der Waals surface area contributed by atoms with Crippen molar-refractivity contribution >= 4 is 23.6 Å². The Bertz CT molecular complexity index is 285. The van der Waals surface area contributed by atoms with Crippen LogP contribution in [-0.4, -0.2) is 45.6 Å². The van der Waals surface area contributed by atoms with Crippen LogP contribution in [0.1, 0.15) is 20.3 Å². The molecule has 0 aromatic carbocycles.